The van der Waals surface area contributed by atoms with Crippen LogP contribution in [0.15, 0.2) is 23.3 Å². The molecule has 0 saturated heterocycles. The van der Waals surface area contributed by atoms with Gasteiger partial charge in [-0.3, -0.25) is 9.59 Å². The van der Waals surface area contributed by atoms with E-state index in [1.807, 2.05) is 12.1 Å². The Morgan fingerprint density at radius 1 is 1.20 bits per heavy atom. The molecule has 3 rings (SSSR count). The first-order valence-electron chi connectivity index (χ1n) is 8.39. The van der Waals surface area contributed by atoms with Crippen LogP contribution in [-0.2, 0) is 9.59 Å². The fourth-order valence-electron chi connectivity index (χ4n) is 3.71. The second-order valence-corrected chi connectivity index (χ2v) is 6.34. The van der Waals surface area contributed by atoms with Crippen molar-refractivity contribution in [3.63, 3.8) is 0 Å². The van der Waals surface area contributed by atoms with E-state index in [2.05, 4.69) is 5.10 Å². The summed E-state index contributed by atoms with van der Waals surface area (Å²) in [5.74, 6) is -0.245. The van der Waals surface area contributed by atoms with Crippen molar-refractivity contribution in [1.29, 1.82) is 0 Å². The number of nitrogens with zero attached hydrogens (tertiary/aromatic N) is 2. The molecular weight excluding hydrogens is 324 g/mol. The van der Waals surface area contributed by atoms with Crippen molar-refractivity contribution in [2.75, 3.05) is 20.8 Å². The first-order chi connectivity index (χ1) is 12.0. The Morgan fingerprint density at radius 2 is 1.88 bits per heavy atom. The van der Waals surface area contributed by atoms with Crippen molar-refractivity contribution in [3.05, 3.63) is 23.8 Å². The summed E-state index contributed by atoms with van der Waals surface area (Å²) in [6.45, 7) is -0.418. The zero-order chi connectivity index (χ0) is 18.0. The Hall–Kier alpha value is -2.57. The number of hydrogen-bond donors (Lipinski definition) is 1. The van der Waals surface area contributed by atoms with E-state index in [1.165, 1.54) is 0 Å². The van der Waals surface area contributed by atoms with Crippen molar-refractivity contribution in [2.24, 2.45) is 16.9 Å². The van der Waals surface area contributed by atoms with Gasteiger partial charge in [-0.25, -0.2) is 5.01 Å². The van der Waals surface area contributed by atoms with Gasteiger partial charge in [-0.15, -0.1) is 0 Å². The molecule has 1 aromatic carbocycles. The third-order valence-electron chi connectivity index (χ3n) is 4.88. The summed E-state index contributed by atoms with van der Waals surface area (Å²) in [4.78, 5) is 23.7. The van der Waals surface area contributed by atoms with Crippen LogP contribution in [0, 0.1) is 11.8 Å². The Balaban J connectivity index is 2.04. The molecule has 134 valence electrons. The smallest absolute Gasteiger partial charge is 0.325 e. The topological polar surface area (TPSA) is 88.4 Å². The van der Waals surface area contributed by atoms with E-state index >= 15 is 0 Å². The van der Waals surface area contributed by atoms with Gasteiger partial charge in [0.1, 0.15) is 6.54 Å². The molecule has 7 nitrogen and oxygen atoms in total. The highest BCUT2D eigenvalue weighted by Crippen LogP contribution is 2.38. The number of hydrogen-bond acceptors (Lipinski definition) is 5. The molecule has 0 bridgehead atoms. The van der Waals surface area contributed by atoms with E-state index in [0.29, 0.717) is 11.5 Å². The summed E-state index contributed by atoms with van der Waals surface area (Å²) in [6, 6.07) is 5.51. The number of carboxylic acid groups (broad SMARTS) is 1. The van der Waals surface area contributed by atoms with Gasteiger partial charge < -0.3 is 14.6 Å². The van der Waals surface area contributed by atoms with E-state index in [0.717, 1.165) is 42.0 Å². The second-order valence-electron chi connectivity index (χ2n) is 6.34. The molecule has 0 aromatic heterocycles. The van der Waals surface area contributed by atoms with Gasteiger partial charge in [0.15, 0.2) is 11.5 Å². The van der Waals surface area contributed by atoms with Crippen molar-refractivity contribution in [2.45, 2.75) is 25.7 Å². The molecular formula is C18H22N2O5. The minimum Gasteiger partial charge on any atom is -0.493 e. The Labute approximate surface area is 146 Å². The van der Waals surface area contributed by atoms with Crippen LogP contribution < -0.4 is 9.47 Å². The predicted octanol–water partition coefficient (Wildman–Crippen LogP) is 2.14. The molecule has 2 atom stereocenters. The number of fused-ring (bicyclic) bond motifs is 1. The Kier molecular flexibility index (Phi) is 4.92. The third-order valence-corrected chi connectivity index (χ3v) is 4.88. The standard InChI is InChI=1S/C18H22N2O5/c1-24-14-8-7-11(9-15(14)25-2)17-12-5-3-4-6-13(12)18(23)20(19-17)10-16(21)22/h7-9,12-13H,3-6,10H2,1-2H3,(H,21,22)/t12-,13+/m0/s1. The van der Waals surface area contributed by atoms with E-state index in [-0.39, 0.29) is 17.7 Å². The Bertz CT molecular complexity index is 715. The summed E-state index contributed by atoms with van der Waals surface area (Å²) in [5, 5.41) is 14.6. The maximum atomic E-state index is 12.6. The average Bonchev–Trinajstić information content (AvgIpc) is 2.63. The lowest BCUT2D eigenvalue weighted by molar-refractivity contribution is -0.148. The zero-order valence-corrected chi connectivity index (χ0v) is 14.4. The van der Waals surface area contributed by atoms with Gasteiger partial charge in [0.2, 0.25) is 5.91 Å². The van der Waals surface area contributed by atoms with Crippen LogP contribution in [0.1, 0.15) is 31.2 Å². The van der Waals surface area contributed by atoms with Crippen LogP contribution >= 0.6 is 0 Å². The van der Waals surface area contributed by atoms with Gasteiger partial charge in [0.25, 0.3) is 0 Å². The largest absolute Gasteiger partial charge is 0.493 e. The summed E-state index contributed by atoms with van der Waals surface area (Å²) in [7, 11) is 3.13. The number of carboxylic acids is 1. The SMILES string of the molecule is COc1ccc(C2=NN(CC(=O)O)C(=O)[C@@H]3CCCC[C@H]23)cc1OC. The van der Waals surface area contributed by atoms with E-state index in [4.69, 9.17) is 14.6 Å². The monoisotopic (exact) mass is 346 g/mol. The van der Waals surface area contributed by atoms with Crippen LogP contribution in [0.5, 0.6) is 11.5 Å². The molecule has 25 heavy (non-hydrogen) atoms. The number of carbonyl (C=O) groups is 2. The molecule has 1 aliphatic heterocycles. The molecule has 0 radical (unpaired) electrons. The minimum absolute atomic E-state index is 0.0180. The lowest BCUT2D eigenvalue weighted by Crippen LogP contribution is -2.47. The van der Waals surface area contributed by atoms with E-state index in [1.54, 1.807) is 20.3 Å². The average molecular weight is 346 g/mol. The van der Waals surface area contributed by atoms with Gasteiger partial charge in [-0.05, 0) is 31.0 Å². The van der Waals surface area contributed by atoms with Gasteiger partial charge in [0, 0.05) is 17.4 Å². The fourth-order valence-corrected chi connectivity index (χ4v) is 3.71. The molecule has 1 aromatic rings. The Morgan fingerprint density at radius 3 is 2.52 bits per heavy atom. The van der Waals surface area contributed by atoms with Crippen molar-refractivity contribution in [3.8, 4) is 11.5 Å². The van der Waals surface area contributed by atoms with Crippen molar-refractivity contribution in [1.82, 2.24) is 5.01 Å². The maximum absolute atomic E-state index is 12.6. The molecule has 1 N–H and O–H groups in total. The molecule has 1 saturated carbocycles. The minimum atomic E-state index is -1.07. The van der Waals surface area contributed by atoms with E-state index in [9.17, 15) is 9.59 Å². The van der Waals surface area contributed by atoms with Gasteiger partial charge in [0.05, 0.1) is 19.9 Å². The molecule has 7 heteroatoms. The van der Waals surface area contributed by atoms with Crippen LogP contribution in [0.2, 0.25) is 0 Å². The summed E-state index contributed by atoms with van der Waals surface area (Å²) in [6.07, 6.45) is 3.67. The molecule has 2 aliphatic rings. The normalized spacial score (nSPS) is 22.9. The van der Waals surface area contributed by atoms with Gasteiger partial charge in [-0.1, -0.05) is 12.8 Å². The van der Waals surface area contributed by atoms with Gasteiger partial charge >= 0.3 is 5.97 Å². The first kappa shape index (κ1) is 17.3. The predicted molar refractivity (Wildman–Crippen MR) is 90.9 cm³/mol. The molecule has 0 spiro atoms. The second kappa shape index (κ2) is 7.13. The summed E-state index contributed by atoms with van der Waals surface area (Å²) in [5.41, 5.74) is 1.59. The number of ether oxygens (including phenoxy) is 2. The highest BCUT2D eigenvalue weighted by atomic mass is 16.5. The molecule has 1 amide bonds. The molecule has 1 aliphatic carbocycles. The molecule has 1 fully saturated rings. The lowest BCUT2D eigenvalue weighted by atomic mass is 9.73. The van der Waals surface area contributed by atoms with Crippen molar-refractivity contribution >= 4 is 17.6 Å². The number of rotatable bonds is 5. The van der Waals surface area contributed by atoms with Crippen LogP contribution in [-0.4, -0.2) is 48.5 Å². The zero-order valence-electron chi connectivity index (χ0n) is 14.4. The van der Waals surface area contributed by atoms with Gasteiger partial charge in [-0.2, -0.15) is 5.10 Å². The van der Waals surface area contributed by atoms with Crippen LogP contribution in [0.25, 0.3) is 0 Å². The van der Waals surface area contributed by atoms with Crippen LogP contribution in [0.4, 0.5) is 0 Å². The molecule has 1 heterocycles. The van der Waals surface area contributed by atoms with Crippen LogP contribution in [0.3, 0.4) is 0 Å². The first-order valence-corrected chi connectivity index (χ1v) is 8.39. The summed E-state index contributed by atoms with van der Waals surface area (Å²) < 4.78 is 10.6. The number of hydrazone groups is 1. The maximum Gasteiger partial charge on any atom is 0.325 e. The third kappa shape index (κ3) is 3.31. The number of amides is 1. The fraction of sp³-hybridized carbons (Fsp3) is 0.500. The number of aliphatic carboxylic acids is 1. The van der Waals surface area contributed by atoms with E-state index < -0.39 is 12.5 Å². The number of methoxy groups -OCH3 is 2. The quantitative estimate of drug-likeness (QED) is 0.882. The number of benzene rings is 1. The molecule has 0 unspecified atom stereocenters. The highest BCUT2D eigenvalue weighted by Gasteiger charge is 2.41. The summed E-state index contributed by atoms with van der Waals surface area (Å²) >= 11 is 0. The highest BCUT2D eigenvalue weighted by molar-refractivity contribution is 6.07. The lowest BCUT2D eigenvalue weighted by Gasteiger charge is -2.38. The van der Waals surface area contributed by atoms with Crippen molar-refractivity contribution < 1.29 is 24.2 Å². The number of carbonyl (C=O) groups excluding carboxylic acids is 1.